The molecule has 0 saturated heterocycles. The van der Waals surface area contributed by atoms with Crippen LogP contribution in [0.5, 0.6) is 0 Å². The zero-order chi connectivity index (χ0) is 17.7. The van der Waals surface area contributed by atoms with E-state index in [0.717, 1.165) is 46.5 Å². The molecule has 0 aliphatic heterocycles. The predicted molar refractivity (Wildman–Crippen MR) is 103 cm³/mol. The molecular formula is C22H19N3O. The van der Waals surface area contributed by atoms with Crippen LogP contribution in [0.4, 0.5) is 0 Å². The lowest BCUT2D eigenvalue weighted by Crippen LogP contribution is -2.14. The highest BCUT2D eigenvalue weighted by atomic mass is 16.1. The number of aryl methyl sites for hydroxylation is 1. The number of nitrogens with one attached hydrogen (secondary N) is 1. The lowest BCUT2D eigenvalue weighted by Gasteiger charge is -2.06. The summed E-state index contributed by atoms with van der Waals surface area (Å²) in [5.74, 6) is 0.494. The van der Waals surface area contributed by atoms with Crippen LogP contribution in [0.1, 0.15) is 30.0 Å². The van der Waals surface area contributed by atoms with E-state index in [1.54, 1.807) is 10.6 Å². The molecule has 1 N–H and O–H groups in total. The second-order valence-corrected chi connectivity index (χ2v) is 6.99. The minimum absolute atomic E-state index is 0.0719. The van der Waals surface area contributed by atoms with Crippen molar-refractivity contribution < 1.29 is 0 Å². The molecule has 2 aromatic carbocycles. The van der Waals surface area contributed by atoms with Crippen LogP contribution in [0.25, 0.3) is 28.0 Å². The average Bonchev–Trinajstić information content (AvgIpc) is 3.43. The van der Waals surface area contributed by atoms with Crippen molar-refractivity contribution in [2.75, 3.05) is 0 Å². The van der Waals surface area contributed by atoms with Crippen LogP contribution in [-0.4, -0.2) is 14.6 Å². The van der Waals surface area contributed by atoms with Crippen molar-refractivity contribution >= 4 is 5.65 Å². The monoisotopic (exact) mass is 341 g/mol. The summed E-state index contributed by atoms with van der Waals surface area (Å²) >= 11 is 0. The molecule has 0 radical (unpaired) electrons. The first kappa shape index (κ1) is 15.1. The molecule has 0 unspecified atom stereocenters. The molecule has 0 atom stereocenters. The molecule has 0 spiro atoms. The fourth-order valence-electron chi connectivity index (χ4n) is 3.61. The van der Waals surface area contributed by atoms with Crippen LogP contribution in [0, 0.1) is 6.92 Å². The number of aromatic nitrogens is 3. The van der Waals surface area contributed by atoms with Crippen LogP contribution >= 0.6 is 0 Å². The molecule has 0 amide bonds. The van der Waals surface area contributed by atoms with Gasteiger partial charge in [-0.3, -0.25) is 9.89 Å². The lowest BCUT2D eigenvalue weighted by atomic mass is 10.0. The molecule has 4 heteroatoms. The van der Waals surface area contributed by atoms with Gasteiger partial charge in [0.1, 0.15) is 0 Å². The van der Waals surface area contributed by atoms with Gasteiger partial charge in [-0.2, -0.15) is 0 Å². The summed E-state index contributed by atoms with van der Waals surface area (Å²) in [5, 5.41) is 3.33. The summed E-state index contributed by atoms with van der Waals surface area (Å²) in [4.78, 5) is 17.7. The Morgan fingerprint density at radius 1 is 1.04 bits per heavy atom. The van der Waals surface area contributed by atoms with E-state index in [1.165, 1.54) is 0 Å². The summed E-state index contributed by atoms with van der Waals surface area (Å²) in [5.41, 5.74) is 6.77. The van der Waals surface area contributed by atoms with Crippen LogP contribution < -0.4 is 5.56 Å². The Labute approximate surface area is 151 Å². The molecule has 1 saturated carbocycles. The molecule has 2 aromatic heterocycles. The van der Waals surface area contributed by atoms with E-state index in [4.69, 9.17) is 4.98 Å². The van der Waals surface area contributed by atoms with Crippen LogP contribution in [0.3, 0.4) is 0 Å². The van der Waals surface area contributed by atoms with Crippen LogP contribution in [0.2, 0.25) is 0 Å². The smallest absolute Gasteiger partial charge is 0.273 e. The molecule has 26 heavy (non-hydrogen) atoms. The number of rotatable bonds is 3. The highest BCUT2D eigenvalue weighted by molar-refractivity contribution is 5.82. The van der Waals surface area contributed by atoms with Crippen molar-refractivity contribution in [3.05, 3.63) is 82.3 Å². The Hall–Kier alpha value is -3.14. The first-order valence-corrected chi connectivity index (χ1v) is 8.99. The number of hydrogen-bond acceptors (Lipinski definition) is 2. The Kier molecular flexibility index (Phi) is 3.32. The van der Waals surface area contributed by atoms with Gasteiger partial charge in [0.15, 0.2) is 5.65 Å². The Balaban J connectivity index is 1.83. The largest absolute Gasteiger partial charge is 0.293 e. The van der Waals surface area contributed by atoms with Crippen molar-refractivity contribution in [1.29, 1.82) is 0 Å². The molecule has 4 aromatic rings. The summed E-state index contributed by atoms with van der Waals surface area (Å²) in [6, 6.07) is 19.9. The van der Waals surface area contributed by atoms with Gasteiger partial charge in [-0.15, -0.1) is 0 Å². The van der Waals surface area contributed by atoms with E-state index in [0.29, 0.717) is 11.6 Å². The van der Waals surface area contributed by atoms with Gasteiger partial charge in [0.2, 0.25) is 0 Å². The lowest BCUT2D eigenvalue weighted by molar-refractivity contribution is 0.855. The zero-order valence-corrected chi connectivity index (χ0v) is 14.6. The van der Waals surface area contributed by atoms with E-state index in [-0.39, 0.29) is 5.56 Å². The van der Waals surface area contributed by atoms with Gasteiger partial charge in [-0.05, 0) is 30.9 Å². The van der Waals surface area contributed by atoms with E-state index in [2.05, 4.69) is 17.2 Å². The van der Waals surface area contributed by atoms with Crippen molar-refractivity contribution in [3.8, 4) is 22.4 Å². The topological polar surface area (TPSA) is 50.2 Å². The maximum Gasteiger partial charge on any atom is 0.273 e. The van der Waals surface area contributed by atoms with Gasteiger partial charge in [0, 0.05) is 28.8 Å². The van der Waals surface area contributed by atoms with Crippen molar-refractivity contribution in [2.24, 2.45) is 0 Å². The number of hydrogen-bond donors (Lipinski definition) is 1. The predicted octanol–water partition coefficient (Wildman–Crippen LogP) is 4.54. The highest BCUT2D eigenvalue weighted by Gasteiger charge is 2.30. The third kappa shape index (κ3) is 2.37. The van der Waals surface area contributed by atoms with Gasteiger partial charge >= 0.3 is 0 Å². The molecule has 5 rings (SSSR count). The van der Waals surface area contributed by atoms with Crippen LogP contribution in [0.15, 0.2) is 65.5 Å². The van der Waals surface area contributed by atoms with E-state index < -0.39 is 0 Å². The Bertz CT molecular complexity index is 1170. The van der Waals surface area contributed by atoms with E-state index in [1.807, 2.05) is 49.4 Å². The standard InChI is InChI=1S/C22H19N3O/c1-14-7-5-6-10-17(14)18-13-19(26)25-22(23-18)20(15-8-3-2-4-9-15)21(24-25)16-11-12-16/h2-10,13,16,24H,11-12H2,1H3. The minimum Gasteiger partial charge on any atom is -0.293 e. The van der Waals surface area contributed by atoms with Crippen molar-refractivity contribution in [1.82, 2.24) is 14.6 Å². The molecular weight excluding hydrogens is 322 g/mol. The number of fused-ring (bicyclic) bond motifs is 1. The molecule has 2 heterocycles. The maximum atomic E-state index is 12.8. The van der Waals surface area contributed by atoms with Gasteiger partial charge in [0.05, 0.1) is 5.69 Å². The SMILES string of the molecule is Cc1ccccc1-c1cc(=O)n2[nH]c(C3CC3)c(-c3ccccc3)c2n1. The molecule has 0 bridgehead atoms. The average molecular weight is 341 g/mol. The summed E-state index contributed by atoms with van der Waals surface area (Å²) < 4.78 is 1.60. The van der Waals surface area contributed by atoms with Crippen LogP contribution in [-0.2, 0) is 0 Å². The Morgan fingerprint density at radius 2 is 1.77 bits per heavy atom. The number of H-pyrrole nitrogens is 1. The number of nitrogens with zero attached hydrogens (tertiary/aromatic N) is 2. The Morgan fingerprint density at radius 3 is 2.50 bits per heavy atom. The molecule has 1 aliphatic rings. The second-order valence-electron chi connectivity index (χ2n) is 6.99. The van der Waals surface area contributed by atoms with Crippen molar-refractivity contribution in [3.63, 3.8) is 0 Å². The number of aromatic amines is 1. The quantitative estimate of drug-likeness (QED) is 0.595. The van der Waals surface area contributed by atoms with Gasteiger partial charge < -0.3 is 0 Å². The minimum atomic E-state index is -0.0719. The maximum absolute atomic E-state index is 12.8. The zero-order valence-electron chi connectivity index (χ0n) is 14.6. The van der Waals surface area contributed by atoms with Gasteiger partial charge in [-0.1, -0.05) is 54.6 Å². The molecule has 4 nitrogen and oxygen atoms in total. The third-order valence-corrected chi connectivity index (χ3v) is 5.11. The van der Waals surface area contributed by atoms with Gasteiger partial charge in [-0.25, -0.2) is 9.50 Å². The highest BCUT2D eigenvalue weighted by Crippen LogP contribution is 2.44. The first-order valence-electron chi connectivity index (χ1n) is 8.99. The normalized spacial score (nSPS) is 14.0. The fraction of sp³-hybridized carbons (Fsp3) is 0.182. The van der Waals surface area contributed by atoms with Crippen molar-refractivity contribution in [2.45, 2.75) is 25.7 Å². The molecule has 1 fully saturated rings. The van der Waals surface area contributed by atoms with E-state index >= 15 is 0 Å². The summed E-state index contributed by atoms with van der Waals surface area (Å²) in [6.45, 7) is 2.05. The molecule has 1 aliphatic carbocycles. The summed E-state index contributed by atoms with van der Waals surface area (Å²) in [6.07, 6.45) is 2.32. The second kappa shape index (κ2) is 5.70. The van der Waals surface area contributed by atoms with Gasteiger partial charge in [0.25, 0.3) is 5.56 Å². The molecule has 128 valence electrons. The number of benzene rings is 2. The third-order valence-electron chi connectivity index (χ3n) is 5.11. The summed E-state index contributed by atoms with van der Waals surface area (Å²) in [7, 11) is 0. The van der Waals surface area contributed by atoms with E-state index in [9.17, 15) is 4.79 Å². The fourth-order valence-corrected chi connectivity index (χ4v) is 3.61. The first-order chi connectivity index (χ1) is 12.7.